The van der Waals surface area contributed by atoms with Crippen LogP contribution in [0.1, 0.15) is 12.8 Å². The normalized spacial score (nSPS) is 13.0. The van der Waals surface area contributed by atoms with Crippen LogP contribution < -0.4 is 15.9 Å². The van der Waals surface area contributed by atoms with E-state index in [-0.39, 0.29) is 12.3 Å². The quantitative estimate of drug-likeness (QED) is 0.148. The summed E-state index contributed by atoms with van der Waals surface area (Å²) in [6.45, 7) is -0.581. The summed E-state index contributed by atoms with van der Waals surface area (Å²) in [5.41, 5.74) is -3.39. The summed E-state index contributed by atoms with van der Waals surface area (Å²) in [4.78, 5) is 0. The Balaban J connectivity index is 0.000000261. The maximum atomic E-state index is 13.1. The Hall–Kier alpha value is -1.98. The lowest BCUT2D eigenvalue weighted by Gasteiger charge is -2.21. The molecule has 37 heavy (non-hydrogen) atoms. The molecule has 0 saturated carbocycles. The van der Waals surface area contributed by atoms with Gasteiger partial charge in [-0.1, -0.05) is 91.0 Å². The average Bonchev–Trinajstić information content (AvgIpc) is 2.85. The first kappa shape index (κ1) is 31.2. The number of benzene rings is 3. The molecule has 202 valence electrons. The van der Waals surface area contributed by atoms with Gasteiger partial charge in [-0.3, -0.25) is 9.11 Å². The van der Waals surface area contributed by atoms with Crippen molar-refractivity contribution in [2.24, 2.45) is 0 Å². The lowest BCUT2D eigenvalue weighted by molar-refractivity contribution is -0.0495. The summed E-state index contributed by atoms with van der Waals surface area (Å²) in [6, 6.07) is 32.3. The van der Waals surface area contributed by atoms with Crippen LogP contribution in [0.3, 0.4) is 0 Å². The summed E-state index contributed by atoms with van der Waals surface area (Å²) >= 11 is 5.26. The van der Waals surface area contributed by atoms with Crippen molar-refractivity contribution in [1.82, 2.24) is 0 Å². The molecule has 0 fully saturated rings. The first-order valence-corrected chi connectivity index (χ1v) is 15.7. The van der Waals surface area contributed by atoms with Gasteiger partial charge < -0.3 is 4.74 Å². The zero-order valence-electron chi connectivity index (χ0n) is 19.4. The molecular formula is C24H26ClF2O7PS2. The van der Waals surface area contributed by atoms with E-state index in [0.29, 0.717) is 6.42 Å². The Morgan fingerprint density at radius 2 is 1.14 bits per heavy atom. The van der Waals surface area contributed by atoms with Gasteiger partial charge in [0.1, 0.15) is 0 Å². The molecule has 0 spiro atoms. The second kappa shape index (κ2) is 14.2. The van der Waals surface area contributed by atoms with E-state index in [1.807, 2.05) is 0 Å². The first-order chi connectivity index (χ1) is 17.4. The summed E-state index contributed by atoms with van der Waals surface area (Å²) in [5, 5.41) is -0.985. The van der Waals surface area contributed by atoms with Crippen molar-refractivity contribution >= 4 is 55.7 Å². The Morgan fingerprint density at radius 1 is 0.757 bits per heavy atom. The molecule has 0 aliphatic carbocycles. The van der Waals surface area contributed by atoms with Gasteiger partial charge in [0.2, 0.25) is 0 Å². The third-order valence-electron chi connectivity index (χ3n) is 4.73. The van der Waals surface area contributed by atoms with Crippen molar-refractivity contribution in [2.45, 2.75) is 23.5 Å². The van der Waals surface area contributed by atoms with Gasteiger partial charge in [-0.05, 0) is 36.7 Å². The Labute approximate surface area is 221 Å². The molecule has 0 saturated heterocycles. The van der Waals surface area contributed by atoms with E-state index >= 15 is 0 Å². The molecule has 3 aromatic rings. The lowest BCUT2D eigenvalue weighted by atomic mass is 10.4. The zero-order chi connectivity index (χ0) is 27.5. The minimum Gasteiger partial charge on any atom is -0.354 e. The monoisotopic (exact) mass is 594 g/mol. The second-order valence-corrected chi connectivity index (χ2v) is 13.0. The van der Waals surface area contributed by atoms with Crippen molar-refractivity contribution in [3.05, 3.63) is 91.0 Å². The molecule has 0 amide bonds. The van der Waals surface area contributed by atoms with Crippen LogP contribution in [0.5, 0.6) is 0 Å². The van der Waals surface area contributed by atoms with Gasteiger partial charge in [0.25, 0.3) is 15.6 Å². The van der Waals surface area contributed by atoms with Crippen LogP contribution in [0.25, 0.3) is 0 Å². The highest BCUT2D eigenvalue weighted by Gasteiger charge is 2.58. The van der Waals surface area contributed by atoms with Gasteiger partial charge in [0, 0.05) is 12.5 Å². The van der Waals surface area contributed by atoms with Gasteiger partial charge in [0.15, 0.2) is 0 Å². The molecule has 1 atom stereocenters. The van der Waals surface area contributed by atoms with E-state index in [1.165, 1.54) is 15.9 Å². The fourth-order valence-electron chi connectivity index (χ4n) is 3.04. The average molecular weight is 595 g/mol. The highest BCUT2D eigenvalue weighted by Crippen LogP contribution is 2.32. The minimum absolute atomic E-state index is 0.0665. The van der Waals surface area contributed by atoms with E-state index in [9.17, 15) is 25.6 Å². The van der Waals surface area contributed by atoms with Gasteiger partial charge in [-0.15, -0.1) is 11.6 Å². The highest BCUT2D eigenvalue weighted by molar-refractivity contribution is 7.90. The smallest absolute Gasteiger partial charge is 0.354 e. The predicted octanol–water partition coefficient (Wildman–Crippen LogP) is 4.16. The standard InChI is InChI=1S/C18H15P.C6H11ClF2O7S2/c1-4-10-16(11-5-1)19(17-12-6-2-7-13-17)18-14-8-3-9-15-18;7-3-1-2-4-16-5(17(10,11)12)6(8,9)18(13,14)15/h1-15H;5H,1-4H2,(H,10,11,12)(H,13,14,15). The number of ether oxygens (including phenoxy) is 1. The third-order valence-corrected chi connectivity index (χ3v) is 9.46. The van der Waals surface area contributed by atoms with Crippen molar-refractivity contribution in [2.75, 3.05) is 12.5 Å². The van der Waals surface area contributed by atoms with Crippen LogP contribution in [0.15, 0.2) is 91.0 Å². The molecule has 0 bridgehead atoms. The fraction of sp³-hybridized carbons (Fsp3) is 0.250. The number of hydrogen-bond donors (Lipinski definition) is 2. The van der Waals surface area contributed by atoms with E-state index in [2.05, 4.69) is 95.7 Å². The third kappa shape index (κ3) is 9.37. The van der Waals surface area contributed by atoms with Crippen LogP contribution in [0, 0.1) is 0 Å². The maximum Gasteiger partial charge on any atom is 0.411 e. The van der Waals surface area contributed by atoms with Crippen LogP contribution in [0.4, 0.5) is 8.78 Å². The molecule has 2 N–H and O–H groups in total. The zero-order valence-corrected chi connectivity index (χ0v) is 22.7. The first-order valence-electron chi connectivity index (χ1n) is 10.8. The SMILES string of the molecule is O=S(=O)(O)C(OCCCCCl)C(F)(F)S(=O)(=O)O.c1ccc(P(c2ccccc2)c2ccccc2)cc1. The number of unbranched alkanes of at least 4 members (excludes halogenated alkanes) is 1. The largest absolute Gasteiger partial charge is 0.411 e. The van der Waals surface area contributed by atoms with Gasteiger partial charge in [-0.2, -0.15) is 25.6 Å². The van der Waals surface area contributed by atoms with Gasteiger partial charge in [-0.25, -0.2) is 0 Å². The number of rotatable bonds is 11. The highest BCUT2D eigenvalue weighted by atomic mass is 35.5. The maximum absolute atomic E-state index is 13.1. The second-order valence-electron chi connectivity index (χ2n) is 7.49. The summed E-state index contributed by atoms with van der Waals surface area (Å²) in [5.74, 6) is 0.161. The van der Waals surface area contributed by atoms with Crippen molar-refractivity contribution in [3.63, 3.8) is 0 Å². The molecule has 7 nitrogen and oxygen atoms in total. The van der Waals surface area contributed by atoms with E-state index in [0.717, 1.165) is 0 Å². The van der Waals surface area contributed by atoms with Crippen LogP contribution in [0.2, 0.25) is 0 Å². The molecule has 0 aliphatic heterocycles. The van der Waals surface area contributed by atoms with Gasteiger partial charge >= 0.3 is 15.4 Å². The Bertz CT molecular complexity index is 1200. The predicted molar refractivity (Wildman–Crippen MR) is 143 cm³/mol. The number of halogens is 3. The molecule has 0 aromatic heterocycles. The van der Waals surface area contributed by atoms with Crippen LogP contribution in [-0.2, 0) is 25.0 Å². The van der Waals surface area contributed by atoms with E-state index < -0.39 is 45.5 Å². The molecule has 0 heterocycles. The minimum atomic E-state index is -6.05. The molecule has 3 aromatic carbocycles. The van der Waals surface area contributed by atoms with E-state index in [1.54, 1.807) is 0 Å². The molecule has 0 radical (unpaired) electrons. The number of hydrogen-bond acceptors (Lipinski definition) is 5. The summed E-state index contributed by atoms with van der Waals surface area (Å²) in [7, 11) is -12.0. The van der Waals surface area contributed by atoms with Crippen molar-refractivity contribution in [1.29, 1.82) is 0 Å². The molecule has 3 rings (SSSR count). The van der Waals surface area contributed by atoms with E-state index in [4.69, 9.17) is 20.7 Å². The molecule has 13 heteroatoms. The summed E-state index contributed by atoms with van der Waals surface area (Å²) in [6.07, 6.45) is 0.369. The van der Waals surface area contributed by atoms with Crippen LogP contribution in [-0.4, -0.2) is 49.1 Å². The molecule has 0 aliphatic rings. The lowest BCUT2D eigenvalue weighted by Crippen LogP contribution is -2.47. The van der Waals surface area contributed by atoms with Gasteiger partial charge in [0.05, 0.1) is 0 Å². The Morgan fingerprint density at radius 3 is 1.43 bits per heavy atom. The topological polar surface area (TPSA) is 118 Å². The summed E-state index contributed by atoms with van der Waals surface area (Å²) < 4.78 is 89.0. The molecule has 1 unspecified atom stereocenters. The van der Waals surface area contributed by atoms with Crippen molar-refractivity contribution in [3.8, 4) is 0 Å². The van der Waals surface area contributed by atoms with Crippen molar-refractivity contribution < 1.29 is 39.5 Å². The fourth-order valence-corrected chi connectivity index (χ4v) is 7.19. The molecular weight excluding hydrogens is 569 g/mol. The number of alkyl halides is 3. The Kier molecular flexibility index (Phi) is 12.0. The van der Waals surface area contributed by atoms with Crippen LogP contribution >= 0.6 is 19.5 Å².